The van der Waals surface area contributed by atoms with Crippen LogP contribution in [0.4, 0.5) is 0 Å². The number of hydrogen-bond donors (Lipinski definition) is 1. The third kappa shape index (κ3) is 4.09. The number of piperazine rings is 1. The molecule has 0 radical (unpaired) electrons. The topological polar surface area (TPSA) is 20.0 Å². The zero-order valence-electron chi connectivity index (χ0n) is 12.8. The van der Waals surface area contributed by atoms with Gasteiger partial charge in [0.15, 0.2) is 0 Å². The monoisotopic (exact) mass is 334 g/mol. The molecule has 2 aromatic rings. The molecule has 0 atom stereocenters. The molecule has 1 fully saturated rings. The van der Waals surface area contributed by atoms with Gasteiger partial charge >= 0.3 is 0 Å². The van der Waals surface area contributed by atoms with Crippen molar-refractivity contribution in [1.82, 2.24) is 5.01 Å². The third-order valence-corrected chi connectivity index (χ3v) is 5.26. The maximum Gasteiger partial charge on any atom is 0.103 e. The maximum atomic E-state index is 5.93. The van der Waals surface area contributed by atoms with Gasteiger partial charge in [0.1, 0.15) is 6.54 Å². The number of rotatable bonds is 4. The molecular weight excluding hydrogens is 314 g/mol. The lowest BCUT2D eigenvalue weighted by Gasteiger charge is -2.30. The highest BCUT2D eigenvalue weighted by atomic mass is 35.5. The highest BCUT2D eigenvalue weighted by Gasteiger charge is 2.18. The molecule has 1 aliphatic rings. The number of halogens is 1. The highest BCUT2D eigenvalue weighted by Crippen LogP contribution is 2.13. The summed E-state index contributed by atoms with van der Waals surface area (Å²) in [5.74, 6) is 0. The van der Waals surface area contributed by atoms with Crippen LogP contribution in [-0.2, 0) is 6.54 Å². The Hall–Kier alpha value is -1.36. The number of quaternary nitrogens is 1. The lowest BCUT2D eigenvalue weighted by Crippen LogP contribution is -3.13. The van der Waals surface area contributed by atoms with Crippen molar-refractivity contribution in [3.05, 3.63) is 56.7 Å². The normalized spacial score (nSPS) is 16.5. The van der Waals surface area contributed by atoms with Crippen molar-refractivity contribution in [1.29, 1.82) is 0 Å². The molecule has 1 aromatic carbocycles. The van der Waals surface area contributed by atoms with Gasteiger partial charge in [0.2, 0.25) is 0 Å². The van der Waals surface area contributed by atoms with Gasteiger partial charge in [-0.2, -0.15) is 5.10 Å². The Balaban J connectivity index is 1.49. The van der Waals surface area contributed by atoms with E-state index in [1.165, 1.54) is 16.0 Å². The van der Waals surface area contributed by atoms with Gasteiger partial charge < -0.3 is 4.90 Å². The van der Waals surface area contributed by atoms with Crippen LogP contribution in [0.1, 0.15) is 16.0 Å². The van der Waals surface area contributed by atoms with Gasteiger partial charge in [0, 0.05) is 15.5 Å². The van der Waals surface area contributed by atoms with Crippen molar-refractivity contribution in [2.45, 2.75) is 13.5 Å². The summed E-state index contributed by atoms with van der Waals surface area (Å²) in [4.78, 5) is 2.87. The van der Waals surface area contributed by atoms with Crippen molar-refractivity contribution in [2.24, 2.45) is 5.10 Å². The predicted octanol–water partition coefficient (Wildman–Crippen LogP) is 2.44. The van der Waals surface area contributed by atoms with Crippen LogP contribution in [0.15, 0.2) is 40.8 Å². The Morgan fingerprint density at radius 1 is 1.23 bits per heavy atom. The Morgan fingerprint density at radius 3 is 2.59 bits per heavy atom. The summed E-state index contributed by atoms with van der Waals surface area (Å²) in [6.07, 6.45) is 2.00. The number of aryl methyl sites for hydroxylation is 1. The first kappa shape index (κ1) is 15.5. The smallest absolute Gasteiger partial charge is 0.103 e. The van der Waals surface area contributed by atoms with E-state index in [4.69, 9.17) is 11.6 Å². The second-order valence-corrected chi connectivity index (χ2v) is 7.10. The van der Waals surface area contributed by atoms with Crippen LogP contribution in [0.5, 0.6) is 0 Å². The van der Waals surface area contributed by atoms with Gasteiger partial charge in [-0.15, -0.1) is 11.3 Å². The Labute approximate surface area is 140 Å². The standard InChI is InChI=1S/C17H20ClN3S/c1-14-6-11-22-17(14)12-19-21-9-7-20(8-10-21)13-15-2-4-16(18)5-3-15/h2-6,11-12H,7-10,13H2,1H3/p+1. The van der Waals surface area contributed by atoms with Crippen LogP contribution in [0.25, 0.3) is 0 Å². The molecule has 1 aromatic heterocycles. The van der Waals surface area contributed by atoms with E-state index in [9.17, 15) is 0 Å². The predicted molar refractivity (Wildman–Crippen MR) is 94.1 cm³/mol. The van der Waals surface area contributed by atoms with Crippen LogP contribution in [0.2, 0.25) is 5.02 Å². The molecule has 5 heteroatoms. The minimum absolute atomic E-state index is 0.807. The summed E-state index contributed by atoms with van der Waals surface area (Å²) in [6.45, 7) is 7.49. The molecule has 1 aliphatic heterocycles. The molecule has 3 rings (SSSR count). The maximum absolute atomic E-state index is 5.93. The minimum atomic E-state index is 0.807. The zero-order chi connectivity index (χ0) is 15.4. The first-order valence-electron chi connectivity index (χ1n) is 7.62. The largest absolute Gasteiger partial charge is 0.328 e. The second kappa shape index (κ2) is 7.27. The molecule has 0 spiro atoms. The second-order valence-electron chi connectivity index (χ2n) is 5.72. The third-order valence-electron chi connectivity index (χ3n) is 4.05. The summed E-state index contributed by atoms with van der Waals surface area (Å²) in [7, 11) is 0. The van der Waals surface area contributed by atoms with E-state index in [1.54, 1.807) is 16.2 Å². The van der Waals surface area contributed by atoms with Gasteiger partial charge in [-0.1, -0.05) is 23.7 Å². The molecule has 1 saturated heterocycles. The van der Waals surface area contributed by atoms with Crippen LogP contribution >= 0.6 is 22.9 Å². The summed E-state index contributed by atoms with van der Waals surface area (Å²) >= 11 is 7.68. The van der Waals surface area contributed by atoms with Gasteiger partial charge in [0.05, 0.1) is 32.4 Å². The molecule has 22 heavy (non-hydrogen) atoms. The number of hydrogen-bond acceptors (Lipinski definition) is 3. The molecule has 0 amide bonds. The lowest BCUT2D eigenvalue weighted by molar-refractivity contribution is -0.918. The fourth-order valence-electron chi connectivity index (χ4n) is 2.65. The zero-order valence-corrected chi connectivity index (χ0v) is 14.3. The molecule has 0 saturated carbocycles. The molecular formula is C17H21ClN3S+. The molecule has 0 unspecified atom stereocenters. The van der Waals surface area contributed by atoms with Gasteiger partial charge in [-0.05, 0) is 36.1 Å². The van der Waals surface area contributed by atoms with Gasteiger partial charge in [-0.3, -0.25) is 5.01 Å². The van der Waals surface area contributed by atoms with E-state index in [-0.39, 0.29) is 0 Å². The average Bonchev–Trinajstić information content (AvgIpc) is 2.94. The van der Waals surface area contributed by atoms with E-state index in [0.29, 0.717) is 0 Å². The van der Waals surface area contributed by atoms with E-state index >= 15 is 0 Å². The number of nitrogens with one attached hydrogen (secondary N) is 1. The summed E-state index contributed by atoms with van der Waals surface area (Å²) in [5.41, 5.74) is 2.66. The SMILES string of the molecule is Cc1ccsc1C=NN1CC[NH+](Cc2ccc(Cl)cc2)CC1. The summed E-state index contributed by atoms with van der Waals surface area (Å²) in [5, 5.41) is 9.74. The Morgan fingerprint density at radius 2 is 1.95 bits per heavy atom. The van der Waals surface area contributed by atoms with E-state index < -0.39 is 0 Å². The minimum Gasteiger partial charge on any atom is -0.328 e. The highest BCUT2D eigenvalue weighted by molar-refractivity contribution is 7.11. The van der Waals surface area contributed by atoms with Crippen LogP contribution < -0.4 is 4.90 Å². The van der Waals surface area contributed by atoms with E-state index in [0.717, 1.165) is 37.7 Å². The number of nitrogens with zero attached hydrogens (tertiary/aromatic N) is 2. The fraction of sp³-hybridized carbons (Fsp3) is 0.353. The molecule has 2 heterocycles. The van der Waals surface area contributed by atoms with Gasteiger partial charge in [-0.25, -0.2) is 0 Å². The van der Waals surface area contributed by atoms with Gasteiger partial charge in [0.25, 0.3) is 0 Å². The quantitative estimate of drug-likeness (QED) is 0.851. The summed E-state index contributed by atoms with van der Waals surface area (Å²) in [6, 6.07) is 10.3. The molecule has 1 N–H and O–H groups in total. The molecule has 3 nitrogen and oxygen atoms in total. The molecule has 116 valence electrons. The first-order chi connectivity index (χ1) is 10.7. The fourth-order valence-corrected chi connectivity index (χ4v) is 3.55. The Kier molecular flexibility index (Phi) is 5.13. The molecule has 0 aliphatic carbocycles. The first-order valence-corrected chi connectivity index (χ1v) is 8.87. The number of benzene rings is 1. The summed E-state index contributed by atoms with van der Waals surface area (Å²) < 4.78 is 0. The Bertz CT molecular complexity index is 628. The van der Waals surface area contributed by atoms with Crippen molar-refractivity contribution in [3.8, 4) is 0 Å². The van der Waals surface area contributed by atoms with Crippen molar-refractivity contribution in [2.75, 3.05) is 26.2 Å². The van der Waals surface area contributed by atoms with E-state index in [2.05, 4.69) is 40.6 Å². The van der Waals surface area contributed by atoms with Crippen LogP contribution in [0, 0.1) is 6.92 Å². The van der Waals surface area contributed by atoms with Crippen molar-refractivity contribution >= 4 is 29.2 Å². The lowest BCUT2D eigenvalue weighted by atomic mass is 10.2. The number of thiophene rings is 1. The molecule has 0 bridgehead atoms. The average molecular weight is 335 g/mol. The number of hydrazone groups is 1. The van der Waals surface area contributed by atoms with Crippen LogP contribution in [0.3, 0.4) is 0 Å². The van der Waals surface area contributed by atoms with Crippen molar-refractivity contribution < 1.29 is 4.90 Å². The van der Waals surface area contributed by atoms with Crippen molar-refractivity contribution in [3.63, 3.8) is 0 Å². The van der Waals surface area contributed by atoms with Crippen LogP contribution in [-0.4, -0.2) is 37.4 Å². The van der Waals surface area contributed by atoms with E-state index in [1.807, 2.05) is 18.3 Å².